The molecule has 0 saturated heterocycles. The molecular formula is C28H26N2O. The van der Waals surface area contributed by atoms with Crippen LogP contribution in [0.15, 0.2) is 104 Å². The maximum absolute atomic E-state index is 12.5. The monoisotopic (exact) mass is 406 g/mol. The predicted octanol–water partition coefficient (Wildman–Crippen LogP) is 6.55. The van der Waals surface area contributed by atoms with Gasteiger partial charge in [-0.1, -0.05) is 72.8 Å². The van der Waals surface area contributed by atoms with Crippen molar-refractivity contribution in [2.24, 2.45) is 0 Å². The highest BCUT2D eigenvalue weighted by Gasteiger charge is 2.17. The lowest BCUT2D eigenvalue weighted by Crippen LogP contribution is -2.31. The molecule has 3 heteroatoms. The summed E-state index contributed by atoms with van der Waals surface area (Å²) in [6.45, 7) is 3.88. The summed E-state index contributed by atoms with van der Waals surface area (Å²) < 4.78 is 0. The molecule has 31 heavy (non-hydrogen) atoms. The van der Waals surface area contributed by atoms with Gasteiger partial charge in [0.1, 0.15) is 0 Å². The fourth-order valence-corrected chi connectivity index (χ4v) is 3.73. The Labute approximate surface area is 183 Å². The number of carbonyl (C=O) groups excluding carboxylic acids is 1. The highest BCUT2D eigenvalue weighted by molar-refractivity contribution is 5.96. The molecule has 0 amide bonds. The molecule has 2 heterocycles. The van der Waals surface area contributed by atoms with E-state index in [4.69, 9.17) is 0 Å². The van der Waals surface area contributed by atoms with Crippen molar-refractivity contribution in [2.45, 2.75) is 26.3 Å². The largest absolute Gasteiger partial charge is 0.344 e. The normalized spacial score (nSPS) is 14.6. The summed E-state index contributed by atoms with van der Waals surface area (Å²) in [4.78, 5) is 18.9. The zero-order valence-corrected chi connectivity index (χ0v) is 17.9. The summed E-state index contributed by atoms with van der Waals surface area (Å²) in [5, 5.41) is 2.33. The quantitative estimate of drug-likeness (QED) is 0.435. The number of pyridine rings is 1. The maximum atomic E-state index is 12.5. The van der Waals surface area contributed by atoms with Crippen LogP contribution in [0, 0.1) is 0 Å². The smallest absolute Gasteiger partial charge is 0.159 e. The van der Waals surface area contributed by atoms with Crippen molar-refractivity contribution in [3.63, 3.8) is 0 Å². The number of aromatic nitrogens is 1. The molecule has 0 fully saturated rings. The van der Waals surface area contributed by atoms with E-state index in [0.29, 0.717) is 6.42 Å². The first-order valence-corrected chi connectivity index (χ1v) is 10.6. The molecule has 2 aromatic carbocycles. The molecule has 0 N–H and O–H groups in total. The Balaban J connectivity index is 1.62. The van der Waals surface area contributed by atoms with Gasteiger partial charge in [-0.15, -0.1) is 0 Å². The van der Waals surface area contributed by atoms with Gasteiger partial charge in [-0.25, -0.2) is 0 Å². The lowest BCUT2D eigenvalue weighted by molar-refractivity contribution is -0.121. The highest BCUT2D eigenvalue weighted by Crippen LogP contribution is 2.29. The SMILES string of the molecule is C/C=C/CC(=O)C(C)N1C=CC=CC(c2ccc(-c3cncc4ccccc34)cc2)=C1. The molecule has 0 spiro atoms. The number of ketones is 1. The van der Waals surface area contributed by atoms with Gasteiger partial charge in [-0.2, -0.15) is 0 Å². The summed E-state index contributed by atoms with van der Waals surface area (Å²) in [7, 11) is 0. The van der Waals surface area contributed by atoms with Gasteiger partial charge in [0.2, 0.25) is 0 Å². The Morgan fingerprint density at radius 1 is 1.03 bits per heavy atom. The van der Waals surface area contributed by atoms with Gasteiger partial charge in [0.05, 0.1) is 6.04 Å². The minimum absolute atomic E-state index is 0.194. The molecule has 154 valence electrons. The van der Waals surface area contributed by atoms with E-state index in [1.165, 1.54) is 5.39 Å². The summed E-state index contributed by atoms with van der Waals surface area (Å²) in [5.41, 5.74) is 4.44. The maximum Gasteiger partial charge on any atom is 0.159 e. The van der Waals surface area contributed by atoms with Gasteiger partial charge >= 0.3 is 0 Å². The van der Waals surface area contributed by atoms with E-state index in [1.54, 1.807) is 0 Å². The second kappa shape index (κ2) is 9.40. The molecule has 3 aromatic rings. The van der Waals surface area contributed by atoms with Crippen LogP contribution in [0.25, 0.3) is 27.5 Å². The molecule has 0 radical (unpaired) electrons. The Kier molecular flexibility index (Phi) is 6.23. The van der Waals surface area contributed by atoms with E-state index in [9.17, 15) is 4.79 Å². The number of nitrogens with zero attached hydrogens (tertiary/aromatic N) is 2. The number of Topliss-reactive ketones (excluding diaryl/α,β-unsaturated/α-hetero) is 1. The van der Waals surface area contributed by atoms with E-state index in [-0.39, 0.29) is 11.8 Å². The van der Waals surface area contributed by atoms with E-state index < -0.39 is 0 Å². The topological polar surface area (TPSA) is 33.2 Å². The van der Waals surface area contributed by atoms with Crippen LogP contribution in [0.2, 0.25) is 0 Å². The first kappa shape index (κ1) is 20.5. The van der Waals surface area contributed by atoms with Crippen molar-refractivity contribution in [3.8, 4) is 11.1 Å². The van der Waals surface area contributed by atoms with Crippen LogP contribution in [0.3, 0.4) is 0 Å². The minimum atomic E-state index is -0.219. The molecular weight excluding hydrogens is 380 g/mol. The third-order valence-electron chi connectivity index (χ3n) is 5.60. The van der Waals surface area contributed by atoms with Crippen molar-refractivity contribution in [1.29, 1.82) is 0 Å². The van der Waals surface area contributed by atoms with Gasteiger partial charge < -0.3 is 4.90 Å². The summed E-state index contributed by atoms with van der Waals surface area (Å²) in [6, 6.07) is 16.6. The fraction of sp³-hybridized carbons (Fsp3) is 0.143. The molecule has 4 rings (SSSR count). The Bertz CT molecular complexity index is 1190. The first-order valence-electron chi connectivity index (χ1n) is 10.6. The van der Waals surface area contributed by atoms with Gasteiger partial charge in [0.15, 0.2) is 5.78 Å². The summed E-state index contributed by atoms with van der Waals surface area (Å²) >= 11 is 0. The molecule has 1 aliphatic heterocycles. The molecule has 0 saturated carbocycles. The third kappa shape index (κ3) is 4.56. The average Bonchev–Trinajstić information content (AvgIpc) is 3.08. The van der Waals surface area contributed by atoms with E-state index in [1.807, 2.05) is 73.9 Å². The number of rotatable bonds is 6. The van der Waals surface area contributed by atoms with Gasteiger partial charge in [0.25, 0.3) is 0 Å². The van der Waals surface area contributed by atoms with Crippen LogP contribution >= 0.6 is 0 Å². The van der Waals surface area contributed by atoms with Crippen LogP contribution in [-0.4, -0.2) is 21.7 Å². The van der Waals surface area contributed by atoms with E-state index >= 15 is 0 Å². The van der Waals surface area contributed by atoms with Crippen molar-refractivity contribution in [1.82, 2.24) is 9.88 Å². The average molecular weight is 407 g/mol. The van der Waals surface area contributed by atoms with Crippen LogP contribution in [0.5, 0.6) is 0 Å². The van der Waals surface area contributed by atoms with Crippen molar-refractivity contribution < 1.29 is 4.79 Å². The molecule has 0 bridgehead atoms. The Morgan fingerprint density at radius 3 is 2.61 bits per heavy atom. The van der Waals surface area contributed by atoms with Gasteiger partial charge in [0, 0.05) is 42.2 Å². The molecule has 1 aliphatic rings. The van der Waals surface area contributed by atoms with E-state index in [0.717, 1.165) is 27.6 Å². The number of allylic oxidation sites excluding steroid dienone is 6. The van der Waals surface area contributed by atoms with Crippen molar-refractivity contribution >= 4 is 22.1 Å². The second-order valence-corrected chi connectivity index (χ2v) is 7.63. The van der Waals surface area contributed by atoms with E-state index in [2.05, 4.69) is 53.5 Å². The molecule has 3 nitrogen and oxygen atoms in total. The number of hydrogen-bond acceptors (Lipinski definition) is 3. The number of benzene rings is 2. The number of carbonyl (C=O) groups is 1. The number of fused-ring (bicyclic) bond motifs is 1. The highest BCUT2D eigenvalue weighted by atomic mass is 16.1. The molecule has 1 atom stereocenters. The van der Waals surface area contributed by atoms with Crippen LogP contribution < -0.4 is 0 Å². The van der Waals surface area contributed by atoms with Crippen LogP contribution in [-0.2, 0) is 4.79 Å². The van der Waals surface area contributed by atoms with Crippen LogP contribution in [0.1, 0.15) is 25.8 Å². The zero-order chi connectivity index (χ0) is 21.6. The zero-order valence-electron chi connectivity index (χ0n) is 17.9. The fourth-order valence-electron chi connectivity index (χ4n) is 3.73. The lowest BCUT2D eigenvalue weighted by Gasteiger charge is -2.23. The number of hydrogen-bond donors (Lipinski definition) is 0. The Hall–Kier alpha value is -3.72. The minimum Gasteiger partial charge on any atom is -0.344 e. The van der Waals surface area contributed by atoms with Crippen molar-refractivity contribution in [3.05, 3.63) is 109 Å². The van der Waals surface area contributed by atoms with Gasteiger partial charge in [-0.3, -0.25) is 9.78 Å². The summed E-state index contributed by atoms with van der Waals surface area (Å²) in [6.07, 6.45) is 18.2. The second-order valence-electron chi connectivity index (χ2n) is 7.63. The standard InChI is InChI=1S/C28H26N2O/c1-3-4-12-28(31)21(2)30-17-8-7-10-25(20-30)22-13-15-23(16-14-22)27-19-29-18-24-9-5-6-11-26(24)27/h3-11,13-21H,12H2,1-2H3/b4-3+. The summed E-state index contributed by atoms with van der Waals surface area (Å²) in [5.74, 6) is 0.194. The Morgan fingerprint density at radius 2 is 1.81 bits per heavy atom. The molecule has 0 aliphatic carbocycles. The predicted molar refractivity (Wildman–Crippen MR) is 129 cm³/mol. The molecule has 1 aromatic heterocycles. The van der Waals surface area contributed by atoms with Crippen molar-refractivity contribution in [2.75, 3.05) is 0 Å². The third-order valence-corrected chi connectivity index (χ3v) is 5.60. The lowest BCUT2D eigenvalue weighted by atomic mass is 9.98. The van der Waals surface area contributed by atoms with Crippen LogP contribution in [0.4, 0.5) is 0 Å². The first-order chi connectivity index (χ1) is 15.2. The molecule has 1 unspecified atom stereocenters. The van der Waals surface area contributed by atoms with Gasteiger partial charge in [-0.05, 0) is 42.0 Å².